The maximum atomic E-state index is 5.12. The first-order valence-corrected chi connectivity index (χ1v) is 6.25. The summed E-state index contributed by atoms with van der Waals surface area (Å²) in [5.41, 5.74) is 0.942. The Hall–Kier alpha value is -1.16. The van der Waals surface area contributed by atoms with Crippen LogP contribution in [-0.4, -0.2) is 23.6 Å². The molecule has 0 bridgehead atoms. The molecule has 0 aliphatic heterocycles. The number of aromatic nitrogens is 2. The summed E-state index contributed by atoms with van der Waals surface area (Å²) in [5, 5.41) is 3.23. The number of nitrogens with zero attached hydrogens (tertiary/aromatic N) is 2. The van der Waals surface area contributed by atoms with Gasteiger partial charge in [-0.05, 0) is 19.3 Å². The summed E-state index contributed by atoms with van der Waals surface area (Å²) in [4.78, 5) is 9.00. The van der Waals surface area contributed by atoms with Crippen molar-refractivity contribution in [1.82, 2.24) is 9.97 Å². The van der Waals surface area contributed by atoms with Crippen molar-refractivity contribution >= 4 is 5.82 Å². The van der Waals surface area contributed by atoms with Crippen LogP contribution < -0.4 is 5.32 Å². The standard InChI is InChI=1S/C13H23N3O/c1-5-14-13-8-11(9-17-4)15-12(16-13)7-6-10(2)3/h8,10H,5-7,9H2,1-4H3,(H,14,15,16). The number of hydrogen-bond donors (Lipinski definition) is 1. The molecule has 17 heavy (non-hydrogen) atoms. The number of methoxy groups -OCH3 is 1. The Bertz CT molecular complexity index is 315. The first kappa shape index (κ1) is 13.9. The van der Waals surface area contributed by atoms with E-state index in [2.05, 4.69) is 36.1 Å². The van der Waals surface area contributed by atoms with E-state index in [9.17, 15) is 0 Å². The quantitative estimate of drug-likeness (QED) is 0.792. The number of nitrogens with one attached hydrogen (secondary N) is 1. The molecular formula is C13H23N3O. The monoisotopic (exact) mass is 237 g/mol. The molecule has 0 aliphatic rings. The minimum atomic E-state index is 0.537. The number of ether oxygens (including phenoxy) is 1. The first-order valence-electron chi connectivity index (χ1n) is 6.25. The van der Waals surface area contributed by atoms with Crippen molar-refractivity contribution in [3.05, 3.63) is 17.6 Å². The van der Waals surface area contributed by atoms with Crippen molar-refractivity contribution in [2.45, 2.75) is 40.2 Å². The van der Waals surface area contributed by atoms with E-state index in [4.69, 9.17) is 4.74 Å². The van der Waals surface area contributed by atoms with Gasteiger partial charge in [-0.3, -0.25) is 0 Å². The van der Waals surface area contributed by atoms with E-state index in [1.807, 2.05) is 6.07 Å². The molecule has 0 fully saturated rings. The van der Waals surface area contributed by atoms with Crippen molar-refractivity contribution in [2.24, 2.45) is 5.92 Å². The van der Waals surface area contributed by atoms with Gasteiger partial charge in [-0.25, -0.2) is 9.97 Å². The second-order valence-electron chi connectivity index (χ2n) is 4.56. The Morgan fingerprint density at radius 1 is 1.35 bits per heavy atom. The molecule has 0 saturated carbocycles. The van der Waals surface area contributed by atoms with E-state index < -0.39 is 0 Å². The van der Waals surface area contributed by atoms with Crippen LogP contribution in [-0.2, 0) is 17.8 Å². The van der Waals surface area contributed by atoms with Gasteiger partial charge in [0.1, 0.15) is 11.6 Å². The zero-order valence-corrected chi connectivity index (χ0v) is 11.3. The Morgan fingerprint density at radius 2 is 2.12 bits per heavy atom. The zero-order valence-electron chi connectivity index (χ0n) is 11.3. The van der Waals surface area contributed by atoms with Gasteiger partial charge in [0.05, 0.1) is 12.3 Å². The van der Waals surface area contributed by atoms with Crippen molar-refractivity contribution in [3.8, 4) is 0 Å². The minimum absolute atomic E-state index is 0.537. The van der Waals surface area contributed by atoms with Crippen LogP contribution in [0.1, 0.15) is 38.7 Å². The lowest BCUT2D eigenvalue weighted by molar-refractivity contribution is 0.181. The zero-order chi connectivity index (χ0) is 12.7. The molecule has 96 valence electrons. The number of hydrogen-bond acceptors (Lipinski definition) is 4. The van der Waals surface area contributed by atoms with Crippen LogP contribution in [0.4, 0.5) is 5.82 Å². The Morgan fingerprint density at radius 3 is 2.71 bits per heavy atom. The summed E-state index contributed by atoms with van der Waals surface area (Å²) in [6, 6.07) is 1.95. The molecule has 0 spiro atoms. The molecule has 0 unspecified atom stereocenters. The van der Waals surface area contributed by atoms with Crippen molar-refractivity contribution < 1.29 is 4.74 Å². The topological polar surface area (TPSA) is 47.0 Å². The largest absolute Gasteiger partial charge is 0.378 e. The normalized spacial score (nSPS) is 10.9. The maximum absolute atomic E-state index is 5.12. The summed E-state index contributed by atoms with van der Waals surface area (Å²) in [5.74, 6) is 2.48. The van der Waals surface area contributed by atoms with Crippen LogP contribution >= 0.6 is 0 Å². The second kappa shape index (κ2) is 7.22. The lowest BCUT2D eigenvalue weighted by Crippen LogP contribution is -2.07. The summed E-state index contributed by atoms with van der Waals surface area (Å²) < 4.78 is 5.12. The van der Waals surface area contributed by atoms with E-state index in [1.54, 1.807) is 7.11 Å². The smallest absolute Gasteiger partial charge is 0.131 e. The first-order chi connectivity index (χ1) is 8.15. The highest BCUT2D eigenvalue weighted by Gasteiger charge is 2.05. The van der Waals surface area contributed by atoms with Gasteiger partial charge in [-0.2, -0.15) is 0 Å². The molecule has 0 radical (unpaired) electrons. The van der Waals surface area contributed by atoms with E-state index in [0.29, 0.717) is 12.5 Å². The highest BCUT2D eigenvalue weighted by molar-refractivity contribution is 5.35. The maximum Gasteiger partial charge on any atom is 0.131 e. The second-order valence-corrected chi connectivity index (χ2v) is 4.56. The van der Waals surface area contributed by atoms with E-state index in [-0.39, 0.29) is 0 Å². The van der Waals surface area contributed by atoms with E-state index >= 15 is 0 Å². The molecule has 0 aromatic carbocycles. The van der Waals surface area contributed by atoms with Crippen molar-refractivity contribution in [1.29, 1.82) is 0 Å². The molecule has 0 amide bonds. The fraction of sp³-hybridized carbons (Fsp3) is 0.692. The molecule has 1 N–H and O–H groups in total. The van der Waals surface area contributed by atoms with Crippen LogP contribution in [0, 0.1) is 5.92 Å². The van der Waals surface area contributed by atoms with Crippen LogP contribution in [0.15, 0.2) is 6.07 Å². The average Bonchev–Trinajstić information content (AvgIpc) is 2.27. The van der Waals surface area contributed by atoms with Crippen LogP contribution in [0.2, 0.25) is 0 Å². The summed E-state index contributed by atoms with van der Waals surface area (Å²) in [7, 11) is 1.68. The number of aryl methyl sites for hydroxylation is 1. The highest BCUT2D eigenvalue weighted by Crippen LogP contribution is 2.11. The van der Waals surface area contributed by atoms with Gasteiger partial charge in [0, 0.05) is 26.1 Å². The van der Waals surface area contributed by atoms with Crippen molar-refractivity contribution in [3.63, 3.8) is 0 Å². The SMILES string of the molecule is CCNc1cc(COC)nc(CCC(C)C)n1. The molecule has 0 atom stereocenters. The lowest BCUT2D eigenvalue weighted by atomic mass is 10.1. The molecule has 4 heteroatoms. The number of rotatable bonds is 7. The van der Waals surface area contributed by atoms with Gasteiger partial charge in [-0.15, -0.1) is 0 Å². The van der Waals surface area contributed by atoms with E-state index in [1.165, 1.54) is 0 Å². The highest BCUT2D eigenvalue weighted by atomic mass is 16.5. The predicted molar refractivity (Wildman–Crippen MR) is 70.1 cm³/mol. The lowest BCUT2D eigenvalue weighted by Gasteiger charge is -2.09. The molecule has 1 heterocycles. The molecule has 1 aromatic heterocycles. The molecule has 1 aromatic rings. The predicted octanol–water partition coefficient (Wildman–Crippen LogP) is 2.64. The van der Waals surface area contributed by atoms with Gasteiger partial charge in [0.2, 0.25) is 0 Å². The Balaban J connectivity index is 2.79. The fourth-order valence-corrected chi connectivity index (χ4v) is 1.58. The Kier molecular flexibility index (Phi) is 5.91. The fourth-order valence-electron chi connectivity index (χ4n) is 1.58. The molecule has 0 saturated heterocycles. The minimum Gasteiger partial charge on any atom is -0.378 e. The third-order valence-electron chi connectivity index (χ3n) is 2.42. The third-order valence-corrected chi connectivity index (χ3v) is 2.42. The van der Waals surface area contributed by atoms with Gasteiger partial charge < -0.3 is 10.1 Å². The number of anilines is 1. The van der Waals surface area contributed by atoms with Crippen LogP contribution in [0.5, 0.6) is 0 Å². The summed E-state index contributed by atoms with van der Waals surface area (Å²) in [6.07, 6.45) is 2.04. The van der Waals surface area contributed by atoms with Gasteiger partial charge in [0.15, 0.2) is 0 Å². The molecule has 4 nitrogen and oxygen atoms in total. The van der Waals surface area contributed by atoms with Gasteiger partial charge in [0.25, 0.3) is 0 Å². The van der Waals surface area contributed by atoms with Crippen LogP contribution in [0.25, 0.3) is 0 Å². The molecule has 0 aliphatic carbocycles. The molecular weight excluding hydrogens is 214 g/mol. The average molecular weight is 237 g/mol. The molecule has 1 rings (SSSR count). The van der Waals surface area contributed by atoms with Gasteiger partial charge in [-0.1, -0.05) is 13.8 Å². The van der Waals surface area contributed by atoms with Gasteiger partial charge >= 0.3 is 0 Å². The summed E-state index contributed by atoms with van der Waals surface area (Å²) in [6.45, 7) is 7.89. The Labute approximate surface area is 104 Å². The summed E-state index contributed by atoms with van der Waals surface area (Å²) >= 11 is 0. The van der Waals surface area contributed by atoms with E-state index in [0.717, 1.165) is 36.7 Å². The van der Waals surface area contributed by atoms with Crippen LogP contribution in [0.3, 0.4) is 0 Å². The third kappa shape index (κ3) is 5.13. The van der Waals surface area contributed by atoms with Crippen molar-refractivity contribution in [2.75, 3.05) is 19.0 Å².